The Morgan fingerprint density at radius 2 is 1.68 bits per heavy atom. The van der Waals surface area contributed by atoms with E-state index in [2.05, 4.69) is 5.32 Å². The van der Waals surface area contributed by atoms with Gasteiger partial charge in [-0.1, -0.05) is 12.1 Å². The van der Waals surface area contributed by atoms with Gasteiger partial charge in [-0.25, -0.2) is 9.59 Å². The number of esters is 2. The highest BCUT2D eigenvalue weighted by atomic mass is 16.6. The van der Waals surface area contributed by atoms with Gasteiger partial charge >= 0.3 is 11.9 Å². The highest BCUT2D eigenvalue weighted by Gasteiger charge is 2.23. The van der Waals surface area contributed by atoms with Crippen LogP contribution in [0.25, 0.3) is 0 Å². The maximum atomic E-state index is 12.1. The van der Waals surface area contributed by atoms with E-state index in [1.165, 1.54) is 6.92 Å². The Morgan fingerprint density at radius 3 is 2.27 bits per heavy atom. The fourth-order valence-electron chi connectivity index (χ4n) is 2.03. The minimum Gasteiger partial charge on any atom is -0.463 e. The Bertz CT molecular complexity index is 554. The lowest BCUT2D eigenvalue weighted by atomic mass is 10.0. The van der Waals surface area contributed by atoms with E-state index in [0.29, 0.717) is 0 Å². The average molecular weight is 307 g/mol. The molecule has 0 amide bonds. The Labute approximate surface area is 132 Å². The van der Waals surface area contributed by atoms with Crippen LogP contribution in [0.5, 0.6) is 0 Å². The van der Waals surface area contributed by atoms with Crippen molar-refractivity contribution in [1.82, 2.24) is 0 Å². The fraction of sp³-hybridized carbons (Fsp3) is 0.529. The van der Waals surface area contributed by atoms with Crippen LogP contribution in [0.2, 0.25) is 0 Å². The molecule has 1 aromatic carbocycles. The van der Waals surface area contributed by atoms with Crippen molar-refractivity contribution < 1.29 is 19.1 Å². The summed E-state index contributed by atoms with van der Waals surface area (Å²) in [6.45, 7) is 11.2. The van der Waals surface area contributed by atoms with Gasteiger partial charge in [0.2, 0.25) is 0 Å². The van der Waals surface area contributed by atoms with Crippen LogP contribution in [0.15, 0.2) is 12.1 Å². The van der Waals surface area contributed by atoms with Gasteiger partial charge in [0.25, 0.3) is 0 Å². The summed E-state index contributed by atoms with van der Waals surface area (Å²) in [5, 5.41) is 3.17. The average Bonchev–Trinajstić information content (AvgIpc) is 2.47. The van der Waals surface area contributed by atoms with Gasteiger partial charge in [-0.05, 0) is 58.2 Å². The quantitative estimate of drug-likeness (QED) is 0.819. The zero-order valence-corrected chi connectivity index (χ0v) is 14.1. The smallest absolute Gasteiger partial charge is 0.347 e. The minimum absolute atomic E-state index is 0.260. The molecular weight excluding hydrogens is 282 g/mol. The first-order valence-electron chi connectivity index (χ1n) is 7.48. The zero-order chi connectivity index (χ0) is 16.9. The number of benzene rings is 1. The minimum atomic E-state index is -0.906. The van der Waals surface area contributed by atoms with Gasteiger partial charge in [0.1, 0.15) is 6.04 Å². The van der Waals surface area contributed by atoms with Crippen molar-refractivity contribution in [2.24, 2.45) is 0 Å². The van der Waals surface area contributed by atoms with E-state index in [1.54, 1.807) is 13.8 Å². The summed E-state index contributed by atoms with van der Waals surface area (Å²) in [6, 6.07) is 3.49. The van der Waals surface area contributed by atoms with Crippen molar-refractivity contribution in [3.63, 3.8) is 0 Å². The zero-order valence-electron chi connectivity index (χ0n) is 14.1. The fourth-order valence-corrected chi connectivity index (χ4v) is 2.03. The number of hydrogen-bond donors (Lipinski definition) is 1. The summed E-state index contributed by atoms with van der Waals surface area (Å²) in [6.07, 6.45) is -0.906. The predicted octanol–water partition coefficient (Wildman–Crippen LogP) is 2.91. The standard InChI is InChI=1S/C17H25NO4/c1-7-21-17(20)14(6)22-16(19)13(5)18-15-11(3)9-8-10(2)12(15)4/h8-9,13-14,18H,7H2,1-6H3/t13-,14?/m0/s1. The van der Waals surface area contributed by atoms with E-state index in [1.807, 2.05) is 32.9 Å². The molecule has 0 bridgehead atoms. The van der Waals surface area contributed by atoms with Gasteiger partial charge in [-0.2, -0.15) is 0 Å². The first kappa shape index (κ1) is 18.0. The van der Waals surface area contributed by atoms with Gasteiger partial charge in [-0.3, -0.25) is 0 Å². The third kappa shape index (κ3) is 4.48. The second-order valence-electron chi connectivity index (χ2n) is 5.40. The lowest BCUT2D eigenvalue weighted by molar-refractivity contribution is -0.166. The molecule has 5 heteroatoms. The molecule has 0 heterocycles. The lowest BCUT2D eigenvalue weighted by Crippen LogP contribution is -2.34. The van der Waals surface area contributed by atoms with Crippen molar-refractivity contribution >= 4 is 17.6 Å². The second-order valence-corrected chi connectivity index (χ2v) is 5.40. The largest absolute Gasteiger partial charge is 0.463 e. The van der Waals surface area contributed by atoms with Crippen molar-refractivity contribution in [2.45, 2.75) is 53.7 Å². The Hall–Kier alpha value is -2.04. The third-order valence-electron chi connectivity index (χ3n) is 3.57. The first-order valence-corrected chi connectivity index (χ1v) is 7.48. The number of anilines is 1. The van der Waals surface area contributed by atoms with Gasteiger partial charge in [-0.15, -0.1) is 0 Å². The lowest BCUT2D eigenvalue weighted by Gasteiger charge is -2.20. The third-order valence-corrected chi connectivity index (χ3v) is 3.57. The molecule has 0 aromatic heterocycles. The molecule has 0 radical (unpaired) electrons. The summed E-state index contributed by atoms with van der Waals surface area (Å²) < 4.78 is 9.95. The number of aryl methyl sites for hydroxylation is 2. The highest BCUT2D eigenvalue weighted by Crippen LogP contribution is 2.24. The van der Waals surface area contributed by atoms with Crippen LogP contribution >= 0.6 is 0 Å². The molecule has 22 heavy (non-hydrogen) atoms. The van der Waals surface area contributed by atoms with Crippen molar-refractivity contribution in [3.8, 4) is 0 Å². The Kier molecular flexibility index (Phi) is 6.40. The molecule has 0 aliphatic heterocycles. The Morgan fingerprint density at radius 1 is 1.09 bits per heavy atom. The summed E-state index contributed by atoms with van der Waals surface area (Å²) in [5.41, 5.74) is 4.22. The molecule has 0 saturated heterocycles. The molecule has 1 rings (SSSR count). The molecule has 1 aromatic rings. The van der Waals surface area contributed by atoms with Gasteiger partial charge < -0.3 is 14.8 Å². The summed E-state index contributed by atoms with van der Waals surface area (Å²) >= 11 is 0. The van der Waals surface area contributed by atoms with E-state index in [-0.39, 0.29) is 6.61 Å². The topological polar surface area (TPSA) is 64.6 Å². The molecule has 0 aliphatic rings. The van der Waals surface area contributed by atoms with E-state index in [0.717, 1.165) is 22.4 Å². The van der Waals surface area contributed by atoms with E-state index >= 15 is 0 Å². The van der Waals surface area contributed by atoms with Crippen molar-refractivity contribution in [2.75, 3.05) is 11.9 Å². The van der Waals surface area contributed by atoms with E-state index in [9.17, 15) is 9.59 Å². The number of carbonyl (C=O) groups excluding carboxylic acids is 2. The molecule has 0 spiro atoms. The van der Waals surface area contributed by atoms with Gasteiger partial charge in [0, 0.05) is 5.69 Å². The highest BCUT2D eigenvalue weighted by molar-refractivity contribution is 5.83. The van der Waals surface area contributed by atoms with Crippen LogP contribution in [0, 0.1) is 20.8 Å². The second kappa shape index (κ2) is 7.82. The van der Waals surface area contributed by atoms with Crippen molar-refractivity contribution in [1.29, 1.82) is 0 Å². The van der Waals surface area contributed by atoms with Gasteiger partial charge in [0.15, 0.2) is 6.10 Å². The number of nitrogens with one attached hydrogen (secondary N) is 1. The van der Waals surface area contributed by atoms with Crippen LogP contribution in [0.4, 0.5) is 5.69 Å². The monoisotopic (exact) mass is 307 g/mol. The summed E-state index contributed by atoms with van der Waals surface area (Å²) in [4.78, 5) is 23.6. The molecular formula is C17H25NO4. The van der Waals surface area contributed by atoms with Crippen molar-refractivity contribution in [3.05, 3.63) is 28.8 Å². The normalized spacial score (nSPS) is 13.2. The summed E-state index contributed by atoms with van der Waals surface area (Å²) in [7, 11) is 0. The SMILES string of the molecule is CCOC(=O)C(C)OC(=O)[C@H](C)Nc1c(C)ccc(C)c1C. The number of hydrogen-bond acceptors (Lipinski definition) is 5. The predicted molar refractivity (Wildman–Crippen MR) is 85.9 cm³/mol. The van der Waals surface area contributed by atoms with Crippen LogP contribution in [-0.2, 0) is 19.1 Å². The Balaban J connectivity index is 2.73. The van der Waals surface area contributed by atoms with Crippen LogP contribution in [0.1, 0.15) is 37.5 Å². The summed E-state index contributed by atoms with van der Waals surface area (Å²) in [5.74, 6) is -1.02. The molecule has 122 valence electrons. The first-order chi connectivity index (χ1) is 10.3. The molecule has 0 saturated carbocycles. The van der Waals surface area contributed by atoms with E-state index < -0.39 is 24.1 Å². The number of carbonyl (C=O) groups is 2. The molecule has 1 N–H and O–H groups in total. The number of ether oxygens (including phenoxy) is 2. The molecule has 2 atom stereocenters. The maximum absolute atomic E-state index is 12.1. The molecule has 0 fully saturated rings. The maximum Gasteiger partial charge on any atom is 0.347 e. The van der Waals surface area contributed by atoms with E-state index in [4.69, 9.17) is 9.47 Å². The molecule has 5 nitrogen and oxygen atoms in total. The van der Waals surface area contributed by atoms with Crippen LogP contribution in [0.3, 0.4) is 0 Å². The number of rotatable bonds is 6. The van der Waals surface area contributed by atoms with Crippen LogP contribution in [-0.4, -0.2) is 30.7 Å². The van der Waals surface area contributed by atoms with Crippen LogP contribution < -0.4 is 5.32 Å². The van der Waals surface area contributed by atoms with Gasteiger partial charge in [0.05, 0.1) is 6.61 Å². The molecule has 0 aliphatic carbocycles. The molecule has 1 unspecified atom stereocenters.